The summed E-state index contributed by atoms with van der Waals surface area (Å²) >= 11 is 0. The fraction of sp³-hybridized carbons (Fsp3) is 0.273. The second-order valence-corrected chi connectivity index (χ2v) is 1.44. The maximum atomic E-state index is 3.65. The van der Waals surface area contributed by atoms with Gasteiger partial charge in [-0.3, -0.25) is 6.08 Å². The van der Waals surface area contributed by atoms with Gasteiger partial charge in [0.1, 0.15) is 0 Å². The average Bonchev–Trinajstić information content (AvgIpc) is 2.05. The van der Waals surface area contributed by atoms with Crippen molar-refractivity contribution >= 4 is 0 Å². The van der Waals surface area contributed by atoms with E-state index in [1.54, 1.807) is 19.1 Å². The number of rotatable bonds is 2. The predicted octanol–water partition coefficient (Wildman–Crippen LogP) is 3.14. The zero-order chi connectivity index (χ0) is 9.11. The largest absolute Gasteiger partial charge is 0.258 e. The van der Waals surface area contributed by atoms with E-state index in [0.29, 0.717) is 0 Å². The Balaban J connectivity index is -0.000000249. The van der Waals surface area contributed by atoms with Gasteiger partial charge in [0.2, 0.25) is 0 Å². The van der Waals surface area contributed by atoms with Crippen LogP contribution in [-0.2, 0) is 0 Å². The van der Waals surface area contributed by atoms with E-state index < -0.39 is 0 Å². The van der Waals surface area contributed by atoms with Gasteiger partial charge < -0.3 is 0 Å². The summed E-state index contributed by atoms with van der Waals surface area (Å²) in [4.78, 5) is 0. The normalized spacial score (nSPS) is 6.58. The predicted molar refractivity (Wildman–Crippen MR) is 51.9 cm³/mol. The topological polar surface area (TPSA) is 0 Å². The molecule has 75 valence electrons. The number of allylic oxidation sites excluding steroid dienone is 4. The summed E-state index contributed by atoms with van der Waals surface area (Å²) in [5.74, 6) is 5.51. The Kier molecular flexibility index (Phi) is 25.7. The van der Waals surface area contributed by atoms with Gasteiger partial charge >= 0.3 is 0 Å². The average molecular weight is 322 g/mol. The second-order valence-electron chi connectivity index (χ2n) is 1.44. The van der Waals surface area contributed by atoms with E-state index in [1.807, 2.05) is 13.8 Å². The molecule has 0 saturated heterocycles. The van der Waals surface area contributed by atoms with E-state index in [2.05, 4.69) is 31.1 Å². The summed E-state index contributed by atoms with van der Waals surface area (Å²) in [5.41, 5.74) is 0.786. The number of hydrogen-bond donors (Lipinski definition) is 0. The molecule has 0 amide bonds. The first-order valence-electron chi connectivity index (χ1n) is 3.62. The fourth-order valence-corrected chi connectivity index (χ4v) is 0.362. The Bertz CT molecular complexity index is 189. The molecular weight excluding hydrogens is 307 g/mol. The van der Waals surface area contributed by atoms with Crippen LogP contribution < -0.4 is 0 Å². The zero-order valence-electron chi connectivity index (χ0n) is 7.83. The van der Waals surface area contributed by atoms with E-state index in [-0.39, 0.29) is 36.9 Å². The molecule has 0 heterocycles. The first-order valence-corrected chi connectivity index (χ1v) is 3.62. The summed E-state index contributed by atoms with van der Waals surface area (Å²) < 4.78 is 0. The molecule has 0 nitrogen and oxygen atoms in total. The van der Waals surface area contributed by atoms with Gasteiger partial charge in [0.15, 0.2) is 0 Å². The zero-order valence-corrected chi connectivity index (χ0v) is 9.48. The summed E-state index contributed by atoms with van der Waals surface area (Å²) in [6.45, 7) is 12.8. The van der Waals surface area contributed by atoms with Gasteiger partial charge in [0, 0.05) is 36.9 Å². The summed E-state index contributed by atoms with van der Waals surface area (Å²) in [6.07, 6.45) is 6.05. The van der Waals surface area contributed by atoms with Gasteiger partial charge in [0.05, 0.1) is 0 Å². The smallest absolute Gasteiger partial charge is 0 e. The van der Waals surface area contributed by atoms with Crippen LogP contribution in [0.1, 0.15) is 20.8 Å². The van der Waals surface area contributed by atoms with Gasteiger partial charge in [0.25, 0.3) is 0 Å². The third-order valence-corrected chi connectivity index (χ3v) is 0.688. The van der Waals surface area contributed by atoms with Crippen molar-refractivity contribution in [2.24, 2.45) is 0 Å². The van der Waals surface area contributed by atoms with Crippen molar-refractivity contribution in [3.05, 3.63) is 37.0 Å². The molecule has 0 aliphatic rings. The summed E-state index contributed by atoms with van der Waals surface area (Å²) in [7, 11) is 0. The molecule has 0 spiro atoms. The van der Waals surface area contributed by atoms with Gasteiger partial charge in [-0.1, -0.05) is 25.3 Å². The van der Waals surface area contributed by atoms with E-state index in [0.717, 1.165) is 5.57 Å². The number of hydrogen-bond acceptors (Lipinski definition) is 0. The van der Waals surface area contributed by atoms with Crippen LogP contribution in [0, 0.1) is 54.8 Å². The monoisotopic (exact) mass is 322 g/mol. The van der Waals surface area contributed by atoms with Crippen molar-refractivity contribution < 1.29 is 36.9 Å². The van der Waals surface area contributed by atoms with Crippen LogP contribution in [0.5, 0.6) is 0 Å². The Morgan fingerprint density at radius 1 is 1.42 bits per heavy atom. The SMILES string of the molecule is C=[C-]/C=C\C(=C)C#CC.CC.[Lu]. The van der Waals surface area contributed by atoms with E-state index in [4.69, 9.17) is 0 Å². The van der Waals surface area contributed by atoms with Crippen LogP contribution in [0.3, 0.4) is 0 Å². The maximum Gasteiger partial charge on any atom is 0 e. The summed E-state index contributed by atoms with van der Waals surface area (Å²) in [5, 5.41) is 0. The van der Waals surface area contributed by atoms with Crippen molar-refractivity contribution in [3.8, 4) is 11.8 Å². The third-order valence-electron chi connectivity index (χ3n) is 0.688. The van der Waals surface area contributed by atoms with Crippen LogP contribution in [0.4, 0.5) is 0 Å². The minimum atomic E-state index is 0. The van der Waals surface area contributed by atoms with E-state index >= 15 is 0 Å². The first kappa shape index (κ1) is 17.9. The Morgan fingerprint density at radius 2 is 1.92 bits per heavy atom. The van der Waals surface area contributed by atoms with Gasteiger partial charge in [-0.2, -0.15) is 12.7 Å². The minimum absolute atomic E-state index is 0. The molecule has 0 aromatic rings. The molecule has 12 heavy (non-hydrogen) atoms. The van der Waals surface area contributed by atoms with Crippen LogP contribution in [0.25, 0.3) is 0 Å². The molecular formula is C11H15Lu-. The van der Waals surface area contributed by atoms with Crippen molar-refractivity contribution in [2.75, 3.05) is 0 Å². The van der Waals surface area contributed by atoms with Crippen LogP contribution in [0.2, 0.25) is 0 Å². The van der Waals surface area contributed by atoms with Crippen molar-refractivity contribution in [2.45, 2.75) is 20.8 Å². The molecule has 0 aliphatic carbocycles. The molecule has 0 saturated carbocycles. The maximum absolute atomic E-state index is 3.65. The van der Waals surface area contributed by atoms with Crippen LogP contribution in [0.15, 0.2) is 30.9 Å². The van der Waals surface area contributed by atoms with Gasteiger partial charge in [-0.05, 0) is 6.92 Å². The third kappa shape index (κ3) is 16.5. The Labute approximate surface area is 106 Å². The van der Waals surface area contributed by atoms with Crippen molar-refractivity contribution in [1.82, 2.24) is 0 Å². The molecule has 0 unspecified atom stereocenters. The Morgan fingerprint density at radius 3 is 2.25 bits per heavy atom. The standard InChI is InChI=1S/C9H9.C2H6.Lu/c1-4-6-8-9(3)7-5-2;1-2;/h6,8H,1,3H2,2H3;1-2H3;/q-1;;/b8-6-;;. The van der Waals surface area contributed by atoms with Gasteiger partial charge in [-0.15, -0.1) is 12.5 Å². The molecule has 0 aromatic carbocycles. The molecule has 0 aromatic heterocycles. The Hall–Kier alpha value is 0.0138. The first-order chi connectivity index (χ1) is 5.31. The van der Waals surface area contributed by atoms with E-state index in [9.17, 15) is 0 Å². The van der Waals surface area contributed by atoms with Crippen molar-refractivity contribution in [1.29, 1.82) is 0 Å². The molecule has 0 aliphatic heterocycles. The second kappa shape index (κ2) is 17.2. The molecule has 0 atom stereocenters. The molecule has 0 N–H and O–H groups in total. The van der Waals surface area contributed by atoms with E-state index in [1.165, 1.54) is 0 Å². The molecule has 0 fully saturated rings. The quantitative estimate of drug-likeness (QED) is 0.416. The van der Waals surface area contributed by atoms with Crippen molar-refractivity contribution in [3.63, 3.8) is 0 Å². The molecule has 0 rings (SSSR count). The fourth-order valence-electron chi connectivity index (χ4n) is 0.362. The molecule has 0 bridgehead atoms. The van der Waals surface area contributed by atoms with Gasteiger partial charge in [-0.25, -0.2) is 6.08 Å². The minimum Gasteiger partial charge on any atom is -0.258 e. The summed E-state index contributed by atoms with van der Waals surface area (Å²) in [6, 6.07) is 0. The van der Waals surface area contributed by atoms with Crippen LogP contribution >= 0.6 is 0 Å². The molecule has 1 heteroatoms. The molecule has 1 radical (unpaired) electrons. The van der Waals surface area contributed by atoms with Crippen LogP contribution in [-0.4, -0.2) is 0 Å².